The maximum atomic E-state index is 12.9. The molecule has 1 heterocycles. The predicted molar refractivity (Wildman–Crippen MR) is 98.4 cm³/mol. The number of nitrogens with zero attached hydrogens (tertiary/aromatic N) is 1. The Labute approximate surface area is 160 Å². The number of amides is 2. The van der Waals surface area contributed by atoms with E-state index < -0.39 is 11.8 Å². The first-order chi connectivity index (χ1) is 13.5. The number of ketones is 1. The first-order valence-corrected chi connectivity index (χ1v) is 8.87. The highest BCUT2D eigenvalue weighted by Crippen LogP contribution is 2.23. The Morgan fingerprint density at radius 2 is 1.64 bits per heavy atom. The van der Waals surface area contributed by atoms with Gasteiger partial charge in [-0.15, -0.1) is 0 Å². The number of ether oxygens (including phenoxy) is 1. The molecule has 7 heteroatoms. The fraction of sp³-hybridized carbons (Fsp3) is 0.238. The number of hydrogen-bond acceptors (Lipinski definition) is 5. The van der Waals surface area contributed by atoms with Gasteiger partial charge in [0, 0.05) is 24.8 Å². The van der Waals surface area contributed by atoms with E-state index in [1.165, 1.54) is 36.4 Å². The summed E-state index contributed by atoms with van der Waals surface area (Å²) in [5.74, 6) is -1.77. The molecule has 0 N–H and O–H groups in total. The number of Topliss-reactive ketones (excluding diaryl/α,β-unsaturated/α-hetero) is 1. The zero-order chi connectivity index (χ0) is 20.1. The maximum Gasteiger partial charge on any atom is 0.338 e. The van der Waals surface area contributed by atoms with Crippen LogP contribution >= 0.6 is 0 Å². The van der Waals surface area contributed by atoms with Gasteiger partial charge < -0.3 is 4.74 Å². The van der Waals surface area contributed by atoms with Gasteiger partial charge >= 0.3 is 5.97 Å². The van der Waals surface area contributed by atoms with Crippen molar-refractivity contribution in [3.8, 4) is 0 Å². The van der Waals surface area contributed by atoms with Crippen LogP contribution in [0.3, 0.4) is 0 Å². The summed E-state index contributed by atoms with van der Waals surface area (Å²) in [4.78, 5) is 48.9. The van der Waals surface area contributed by atoms with Crippen LogP contribution in [-0.2, 0) is 14.3 Å². The molecular weight excluding hydrogens is 365 g/mol. The third-order valence-corrected chi connectivity index (χ3v) is 4.34. The lowest BCUT2D eigenvalue weighted by atomic mass is 10.1. The highest BCUT2D eigenvalue weighted by molar-refractivity contribution is 6.20. The van der Waals surface area contributed by atoms with Crippen LogP contribution in [0.5, 0.6) is 0 Å². The molecule has 28 heavy (non-hydrogen) atoms. The first-order valence-electron chi connectivity index (χ1n) is 8.87. The summed E-state index contributed by atoms with van der Waals surface area (Å²) >= 11 is 0. The second-order valence-corrected chi connectivity index (χ2v) is 6.34. The SMILES string of the molecule is O=C(CCCOC(=O)c1cccc(N2C(=O)CCC2=O)c1)c1ccc(F)cc1. The van der Waals surface area contributed by atoms with E-state index in [1.54, 1.807) is 12.1 Å². The molecule has 144 valence electrons. The Hall–Kier alpha value is -3.35. The molecule has 0 radical (unpaired) electrons. The van der Waals surface area contributed by atoms with Crippen LogP contribution in [-0.4, -0.2) is 30.2 Å². The molecule has 1 aliphatic rings. The number of carbonyl (C=O) groups is 4. The van der Waals surface area contributed by atoms with E-state index in [0.29, 0.717) is 17.7 Å². The minimum Gasteiger partial charge on any atom is -0.462 e. The second-order valence-electron chi connectivity index (χ2n) is 6.34. The number of anilines is 1. The summed E-state index contributed by atoms with van der Waals surface area (Å²) in [5, 5.41) is 0. The van der Waals surface area contributed by atoms with Gasteiger partial charge in [-0.2, -0.15) is 0 Å². The lowest BCUT2D eigenvalue weighted by Crippen LogP contribution is -2.28. The van der Waals surface area contributed by atoms with Crippen LogP contribution in [0.4, 0.5) is 10.1 Å². The van der Waals surface area contributed by atoms with Gasteiger partial charge in [-0.25, -0.2) is 9.18 Å². The van der Waals surface area contributed by atoms with Crippen LogP contribution in [0.25, 0.3) is 0 Å². The van der Waals surface area contributed by atoms with Crippen molar-refractivity contribution in [2.75, 3.05) is 11.5 Å². The number of esters is 1. The molecule has 0 bridgehead atoms. The average Bonchev–Trinajstić information content (AvgIpc) is 3.03. The molecule has 2 aromatic carbocycles. The van der Waals surface area contributed by atoms with Crippen LogP contribution in [0.1, 0.15) is 46.4 Å². The van der Waals surface area contributed by atoms with Crippen molar-refractivity contribution in [3.05, 3.63) is 65.5 Å². The first kappa shape index (κ1) is 19.4. The average molecular weight is 383 g/mol. The molecule has 1 saturated heterocycles. The molecule has 0 aliphatic carbocycles. The summed E-state index contributed by atoms with van der Waals surface area (Å²) < 4.78 is 18.0. The van der Waals surface area contributed by atoms with Gasteiger partial charge in [0.1, 0.15) is 5.82 Å². The maximum absolute atomic E-state index is 12.9. The fourth-order valence-corrected chi connectivity index (χ4v) is 2.90. The van der Waals surface area contributed by atoms with Crippen molar-refractivity contribution < 1.29 is 28.3 Å². The molecular formula is C21H18FNO5. The highest BCUT2D eigenvalue weighted by Gasteiger charge is 2.30. The molecule has 0 aromatic heterocycles. The Morgan fingerprint density at radius 3 is 2.32 bits per heavy atom. The number of carbonyl (C=O) groups excluding carboxylic acids is 4. The number of rotatable bonds is 7. The Balaban J connectivity index is 1.52. The van der Waals surface area contributed by atoms with E-state index in [-0.39, 0.29) is 49.0 Å². The van der Waals surface area contributed by atoms with E-state index >= 15 is 0 Å². The normalized spacial score (nSPS) is 13.7. The molecule has 6 nitrogen and oxygen atoms in total. The predicted octanol–water partition coefficient (Wildman–Crippen LogP) is 3.30. The quantitative estimate of drug-likeness (QED) is 0.317. The van der Waals surface area contributed by atoms with Crippen molar-refractivity contribution >= 4 is 29.3 Å². The van der Waals surface area contributed by atoms with E-state index in [0.717, 1.165) is 4.90 Å². The molecule has 2 amide bonds. The Morgan fingerprint density at radius 1 is 0.964 bits per heavy atom. The molecule has 0 saturated carbocycles. The number of hydrogen-bond donors (Lipinski definition) is 0. The highest BCUT2D eigenvalue weighted by atomic mass is 19.1. The molecule has 3 rings (SSSR count). The summed E-state index contributed by atoms with van der Waals surface area (Å²) in [6, 6.07) is 11.4. The van der Waals surface area contributed by atoms with E-state index in [1.807, 2.05) is 0 Å². The molecule has 1 fully saturated rings. The number of halogens is 1. The van der Waals surface area contributed by atoms with Gasteiger partial charge in [0.25, 0.3) is 0 Å². The Bertz CT molecular complexity index is 907. The topological polar surface area (TPSA) is 80.8 Å². The van der Waals surface area contributed by atoms with E-state index in [2.05, 4.69) is 0 Å². The van der Waals surface area contributed by atoms with E-state index in [4.69, 9.17) is 4.74 Å². The van der Waals surface area contributed by atoms with Crippen LogP contribution in [0, 0.1) is 5.82 Å². The number of benzene rings is 2. The van der Waals surface area contributed by atoms with Crippen molar-refractivity contribution in [1.82, 2.24) is 0 Å². The van der Waals surface area contributed by atoms with Gasteiger partial charge in [-0.1, -0.05) is 6.07 Å². The van der Waals surface area contributed by atoms with Crippen LogP contribution in [0.15, 0.2) is 48.5 Å². The molecule has 0 spiro atoms. The van der Waals surface area contributed by atoms with Gasteiger partial charge in [-0.3, -0.25) is 19.3 Å². The zero-order valence-corrected chi connectivity index (χ0v) is 15.0. The minimum atomic E-state index is -0.602. The van der Waals surface area contributed by atoms with E-state index in [9.17, 15) is 23.6 Å². The minimum absolute atomic E-state index is 0.0393. The monoisotopic (exact) mass is 383 g/mol. The van der Waals surface area contributed by atoms with Gasteiger partial charge in [0.15, 0.2) is 5.78 Å². The smallest absolute Gasteiger partial charge is 0.338 e. The lowest BCUT2D eigenvalue weighted by molar-refractivity contribution is -0.121. The van der Waals surface area contributed by atoms with Crippen LogP contribution in [0.2, 0.25) is 0 Å². The standard InChI is InChI=1S/C21H18FNO5/c22-16-8-6-14(7-9-16)18(24)5-2-12-28-21(27)15-3-1-4-17(13-15)23-19(25)10-11-20(23)26/h1,3-4,6-9,13H,2,5,10-12H2. The third kappa shape index (κ3) is 4.49. The van der Waals surface area contributed by atoms with Gasteiger partial charge in [-0.05, 0) is 48.9 Å². The molecule has 0 unspecified atom stereocenters. The number of imide groups is 1. The van der Waals surface area contributed by atoms with Gasteiger partial charge in [0.2, 0.25) is 11.8 Å². The summed E-state index contributed by atoms with van der Waals surface area (Å²) in [6.45, 7) is 0.0393. The summed E-state index contributed by atoms with van der Waals surface area (Å²) in [7, 11) is 0. The molecule has 1 aliphatic heterocycles. The summed E-state index contributed by atoms with van der Waals surface area (Å²) in [6.07, 6.45) is 0.811. The lowest BCUT2D eigenvalue weighted by Gasteiger charge is -2.14. The van der Waals surface area contributed by atoms with Crippen molar-refractivity contribution in [1.29, 1.82) is 0 Å². The van der Waals surface area contributed by atoms with Gasteiger partial charge in [0.05, 0.1) is 17.9 Å². The largest absolute Gasteiger partial charge is 0.462 e. The Kier molecular flexibility index (Phi) is 5.93. The van der Waals surface area contributed by atoms with Crippen molar-refractivity contribution in [3.63, 3.8) is 0 Å². The van der Waals surface area contributed by atoms with Crippen molar-refractivity contribution in [2.45, 2.75) is 25.7 Å². The zero-order valence-electron chi connectivity index (χ0n) is 15.0. The second kappa shape index (κ2) is 8.56. The van der Waals surface area contributed by atoms with Crippen molar-refractivity contribution in [2.24, 2.45) is 0 Å². The fourth-order valence-electron chi connectivity index (χ4n) is 2.90. The third-order valence-electron chi connectivity index (χ3n) is 4.34. The summed E-state index contributed by atoms with van der Waals surface area (Å²) in [5.41, 5.74) is 0.962. The van der Waals surface area contributed by atoms with Crippen LogP contribution < -0.4 is 4.90 Å². The molecule has 0 atom stereocenters. The molecule has 2 aromatic rings.